The SMILES string of the molecule is CCCCCCSC[n+]1ccc(CC)c(Br)c1. The minimum absolute atomic E-state index is 1.06. The maximum absolute atomic E-state index is 3.62. The van der Waals surface area contributed by atoms with Gasteiger partial charge in [0.05, 0.1) is 4.47 Å². The summed E-state index contributed by atoms with van der Waals surface area (Å²) in [7, 11) is 0. The molecule has 3 heteroatoms. The van der Waals surface area contributed by atoms with Gasteiger partial charge in [-0.05, 0) is 40.1 Å². The van der Waals surface area contributed by atoms with Crippen molar-refractivity contribution in [2.75, 3.05) is 5.75 Å². The molecule has 0 aliphatic heterocycles. The van der Waals surface area contributed by atoms with Crippen LogP contribution < -0.4 is 4.57 Å². The average Bonchev–Trinajstić information content (AvgIpc) is 2.34. The van der Waals surface area contributed by atoms with Gasteiger partial charge in [0, 0.05) is 6.07 Å². The van der Waals surface area contributed by atoms with Crippen LogP contribution in [0, 0.1) is 0 Å². The first kappa shape index (κ1) is 15.0. The molecule has 1 heterocycles. The first-order valence-electron chi connectivity index (χ1n) is 6.53. The lowest BCUT2D eigenvalue weighted by atomic mass is 10.2. The Kier molecular flexibility index (Phi) is 7.95. The largest absolute Gasteiger partial charge is 0.194 e. The number of pyridine rings is 1. The van der Waals surface area contributed by atoms with E-state index in [1.807, 2.05) is 11.8 Å². The van der Waals surface area contributed by atoms with E-state index in [-0.39, 0.29) is 0 Å². The Bertz CT molecular complexity index is 328. The number of halogens is 1. The van der Waals surface area contributed by atoms with Crippen molar-refractivity contribution >= 4 is 27.7 Å². The van der Waals surface area contributed by atoms with Crippen molar-refractivity contribution in [2.24, 2.45) is 0 Å². The molecule has 0 unspecified atom stereocenters. The third-order valence-corrected chi connectivity index (χ3v) is 4.59. The van der Waals surface area contributed by atoms with E-state index < -0.39 is 0 Å². The molecule has 0 bridgehead atoms. The van der Waals surface area contributed by atoms with E-state index in [0.29, 0.717) is 0 Å². The number of hydrogen-bond acceptors (Lipinski definition) is 1. The molecule has 1 aromatic rings. The van der Waals surface area contributed by atoms with E-state index in [4.69, 9.17) is 0 Å². The first-order chi connectivity index (χ1) is 8.27. The lowest BCUT2D eigenvalue weighted by Crippen LogP contribution is -2.31. The van der Waals surface area contributed by atoms with Gasteiger partial charge in [-0.15, -0.1) is 0 Å². The van der Waals surface area contributed by atoms with Gasteiger partial charge in [0.15, 0.2) is 18.3 Å². The predicted molar refractivity (Wildman–Crippen MR) is 80.3 cm³/mol. The highest BCUT2D eigenvalue weighted by molar-refractivity contribution is 9.10. The van der Waals surface area contributed by atoms with Gasteiger partial charge in [-0.3, -0.25) is 0 Å². The van der Waals surface area contributed by atoms with E-state index in [1.54, 1.807) is 0 Å². The molecule has 0 radical (unpaired) electrons. The van der Waals surface area contributed by atoms with E-state index in [2.05, 4.69) is 52.8 Å². The van der Waals surface area contributed by atoms with Crippen LogP contribution in [0.1, 0.15) is 45.1 Å². The number of hydrogen-bond donors (Lipinski definition) is 0. The molecule has 0 atom stereocenters. The molecule has 0 aliphatic carbocycles. The minimum atomic E-state index is 1.06. The second-order valence-corrected chi connectivity index (χ2v) is 6.21. The molecule has 0 aromatic carbocycles. The second-order valence-electron chi connectivity index (χ2n) is 4.28. The minimum Gasteiger partial charge on any atom is -0.194 e. The zero-order valence-electron chi connectivity index (χ0n) is 10.9. The molecule has 0 spiro atoms. The fourth-order valence-corrected chi connectivity index (χ4v) is 3.29. The predicted octanol–water partition coefficient (Wildman–Crippen LogP) is 4.57. The van der Waals surface area contributed by atoms with Gasteiger partial charge < -0.3 is 0 Å². The van der Waals surface area contributed by atoms with Gasteiger partial charge in [0.2, 0.25) is 0 Å². The van der Waals surface area contributed by atoms with Crippen molar-refractivity contribution in [3.05, 3.63) is 28.5 Å². The van der Waals surface area contributed by atoms with Crippen molar-refractivity contribution in [1.82, 2.24) is 0 Å². The molecule has 0 fully saturated rings. The van der Waals surface area contributed by atoms with Crippen LogP contribution in [-0.4, -0.2) is 5.75 Å². The summed E-state index contributed by atoms with van der Waals surface area (Å²) in [5.41, 5.74) is 1.38. The molecule has 1 aromatic heterocycles. The third kappa shape index (κ3) is 5.91. The Morgan fingerprint density at radius 1 is 1.24 bits per heavy atom. The van der Waals surface area contributed by atoms with Crippen molar-refractivity contribution < 1.29 is 4.57 Å². The summed E-state index contributed by atoms with van der Waals surface area (Å²) in [6, 6.07) is 2.21. The smallest absolute Gasteiger partial charge is 0.194 e. The van der Waals surface area contributed by atoms with E-state index in [9.17, 15) is 0 Å². The van der Waals surface area contributed by atoms with Gasteiger partial charge in [-0.1, -0.05) is 44.9 Å². The molecular weight excluding hydrogens is 294 g/mol. The van der Waals surface area contributed by atoms with Crippen LogP contribution in [0.25, 0.3) is 0 Å². The van der Waals surface area contributed by atoms with Crippen LogP contribution in [0.5, 0.6) is 0 Å². The molecule has 0 saturated carbocycles. The second kappa shape index (κ2) is 8.98. The van der Waals surface area contributed by atoms with Crippen molar-refractivity contribution in [2.45, 2.75) is 51.8 Å². The first-order valence-corrected chi connectivity index (χ1v) is 8.48. The van der Waals surface area contributed by atoms with E-state index >= 15 is 0 Å². The number of thioether (sulfide) groups is 1. The number of unbranched alkanes of at least 4 members (excludes halogenated alkanes) is 3. The lowest BCUT2D eigenvalue weighted by molar-refractivity contribution is -0.676. The van der Waals surface area contributed by atoms with Crippen LogP contribution in [0.2, 0.25) is 0 Å². The van der Waals surface area contributed by atoms with Crippen LogP contribution in [0.3, 0.4) is 0 Å². The average molecular weight is 317 g/mol. The highest BCUT2D eigenvalue weighted by Crippen LogP contribution is 2.14. The molecule has 96 valence electrons. The molecule has 17 heavy (non-hydrogen) atoms. The summed E-state index contributed by atoms with van der Waals surface area (Å²) < 4.78 is 3.49. The Morgan fingerprint density at radius 2 is 2.06 bits per heavy atom. The Labute approximate surface area is 118 Å². The van der Waals surface area contributed by atoms with Gasteiger partial charge in [-0.25, -0.2) is 0 Å². The topological polar surface area (TPSA) is 3.88 Å². The Balaban J connectivity index is 2.25. The zero-order chi connectivity index (χ0) is 12.5. The summed E-state index contributed by atoms with van der Waals surface area (Å²) in [5, 5.41) is 0. The highest BCUT2D eigenvalue weighted by atomic mass is 79.9. The van der Waals surface area contributed by atoms with Crippen molar-refractivity contribution in [1.29, 1.82) is 0 Å². The third-order valence-electron chi connectivity index (χ3n) is 2.82. The zero-order valence-corrected chi connectivity index (χ0v) is 13.3. The monoisotopic (exact) mass is 316 g/mol. The number of aromatic nitrogens is 1. The van der Waals surface area contributed by atoms with Gasteiger partial charge >= 0.3 is 0 Å². The Morgan fingerprint density at radius 3 is 2.71 bits per heavy atom. The van der Waals surface area contributed by atoms with Crippen LogP contribution >= 0.6 is 27.7 Å². The normalized spacial score (nSPS) is 10.8. The van der Waals surface area contributed by atoms with Crippen LogP contribution in [-0.2, 0) is 12.3 Å². The summed E-state index contributed by atoms with van der Waals surface area (Å²) in [6.07, 6.45) is 10.9. The van der Waals surface area contributed by atoms with Gasteiger partial charge in [0.1, 0.15) is 0 Å². The highest BCUT2D eigenvalue weighted by Gasteiger charge is 2.05. The maximum Gasteiger partial charge on any atom is 0.194 e. The van der Waals surface area contributed by atoms with Crippen molar-refractivity contribution in [3.8, 4) is 0 Å². The van der Waals surface area contributed by atoms with E-state index in [1.165, 1.54) is 41.5 Å². The van der Waals surface area contributed by atoms with Crippen LogP contribution in [0.15, 0.2) is 22.9 Å². The molecule has 1 nitrogen and oxygen atoms in total. The fraction of sp³-hybridized carbons (Fsp3) is 0.643. The number of rotatable bonds is 8. The molecule has 0 N–H and O–H groups in total. The van der Waals surface area contributed by atoms with Gasteiger partial charge in [0.25, 0.3) is 0 Å². The summed E-state index contributed by atoms with van der Waals surface area (Å²) >= 11 is 5.64. The number of nitrogens with zero attached hydrogens (tertiary/aromatic N) is 1. The standard InChI is InChI=1S/C14H23BrNS/c1-3-5-6-7-10-17-12-16-9-8-13(4-2)14(15)11-16/h8-9,11H,3-7,10,12H2,1-2H3/q+1. The molecule has 0 aliphatic rings. The lowest BCUT2D eigenvalue weighted by Gasteiger charge is -2.01. The van der Waals surface area contributed by atoms with E-state index in [0.717, 1.165) is 12.3 Å². The summed E-state index contributed by atoms with van der Waals surface area (Å²) in [6.45, 7) is 4.45. The van der Waals surface area contributed by atoms with Crippen LogP contribution in [0.4, 0.5) is 0 Å². The van der Waals surface area contributed by atoms with Crippen molar-refractivity contribution in [3.63, 3.8) is 0 Å². The molecule has 0 saturated heterocycles. The van der Waals surface area contributed by atoms with Gasteiger partial charge in [-0.2, -0.15) is 4.57 Å². The molecule has 1 rings (SSSR count). The molecule has 0 amide bonds. The number of aryl methyl sites for hydroxylation is 1. The summed E-state index contributed by atoms with van der Waals surface area (Å²) in [4.78, 5) is 0. The quantitative estimate of drug-likeness (QED) is 0.502. The Hall–Kier alpha value is -0.0200. The maximum atomic E-state index is 3.62. The summed E-state index contributed by atoms with van der Waals surface area (Å²) in [5.74, 6) is 2.34. The molecular formula is C14H23BrNS+. The fourth-order valence-electron chi connectivity index (χ4n) is 1.70.